The maximum atomic E-state index is 4.60. The molecule has 1 aliphatic rings. The maximum Gasteiger partial charge on any atom is 0.188 e. The molecule has 1 fully saturated rings. The highest BCUT2D eigenvalue weighted by atomic mass is 32.1. The predicted molar refractivity (Wildman–Crippen MR) is 81.7 cm³/mol. The Morgan fingerprint density at radius 3 is 2.95 bits per heavy atom. The van der Waals surface area contributed by atoms with Crippen LogP contribution in [0.1, 0.15) is 35.2 Å². The molecule has 1 saturated heterocycles. The average Bonchev–Trinajstić information content (AvgIpc) is 2.84. The Labute approximate surface area is 122 Å². The summed E-state index contributed by atoms with van der Waals surface area (Å²) in [6.07, 6.45) is 4.27. The molecule has 0 radical (unpaired) electrons. The van der Waals surface area contributed by atoms with Crippen molar-refractivity contribution in [2.75, 3.05) is 18.4 Å². The summed E-state index contributed by atoms with van der Waals surface area (Å²) in [6, 6.07) is 2.06. The second-order valence-corrected chi connectivity index (χ2v) is 6.40. The van der Waals surface area contributed by atoms with E-state index in [1.54, 1.807) is 11.3 Å². The van der Waals surface area contributed by atoms with Crippen molar-refractivity contribution in [3.63, 3.8) is 0 Å². The number of piperidine rings is 1. The molecule has 20 heavy (non-hydrogen) atoms. The molecule has 3 rings (SSSR count). The average molecular weight is 289 g/mol. The van der Waals surface area contributed by atoms with Gasteiger partial charge in [-0.25, -0.2) is 15.0 Å². The van der Waals surface area contributed by atoms with E-state index in [-0.39, 0.29) is 0 Å². The molecule has 0 aromatic carbocycles. The van der Waals surface area contributed by atoms with Crippen LogP contribution in [0.5, 0.6) is 0 Å². The van der Waals surface area contributed by atoms with E-state index >= 15 is 0 Å². The number of nitrogens with one attached hydrogen (secondary N) is 2. The van der Waals surface area contributed by atoms with E-state index in [0.717, 1.165) is 35.6 Å². The SMILES string of the molecule is Cc1nc(Nc2ncc(C)s2)cc(C2CCCNC2)n1. The van der Waals surface area contributed by atoms with Crippen LogP contribution in [0.4, 0.5) is 10.9 Å². The highest BCUT2D eigenvalue weighted by molar-refractivity contribution is 7.15. The molecule has 1 aliphatic heterocycles. The number of aryl methyl sites for hydroxylation is 2. The van der Waals surface area contributed by atoms with Gasteiger partial charge in [0.2, 0.25) is 0 Å². The Morgan fingerprint density at radius 1 is 1.35 bits per heavy atom. The van der Waals surface area contributed by atoms with Crippen molar-refractivity contribution in [3.8, 4) is 0 Å². The van der Waals surface area contributed by atoms with Gasteiger partial charge in [-0.2, -0.15) is 0 Å². The van der Waals surface area contributed by atoms with Crippen molar-refractivity contribution < 1.29 is 0 Å². The van der Waals surface area contributed by atoms with Crippen LogP contribution < -0.4 is 10.6 Å². The van der Waals surface area contributed by atoms with Gasteiger partial charge in [-0.1, -0.05) is 0 Å². The summed E-state index contributed by atoms with van der Waals surface area (Å²) in [7, 11) is 0. The van der Waals surface area contributed by atoms with E-state index in [2.05, 4.69) is 31.7 Å². The van der Waals surface area contributed by atoms with E-state index in [9.17, 15) is 0 Å². The number of hydrogen-bond donors (Lipinski definition) is 2. The lowest BCUT2D eigenvalue weighted by atomic mass is 9.96. The lowest BCUT2D eigenvalue weighted by Gasteiger charge is -2.22. The fraction of sp³-hybridized carbons (Fsp3) is 0.500. The van der Waals surface area contributed by atoms with Gasteiger partial charge in [0, 0.05) is 29.6 Å². The Morgan fingerprint density at radius 2 is 2.25 bits per heavy atom. The molecule has 0 bridgehead atoms. The highest BCUT2D eigenvalue weighted by Crippen LogP contribution is 2.25. The monoisotopic (exact) mass is 289 g/mol. The van der Waals surface area contributed by atoms with Crippen molar-refractivity contribution in [1.82, 2.24) is 20.3 Å². The Kier molecular flexibility index (Phi) is 3.93. The smallest absolute Gasteiger partial charge is 0.188 e. The fourth-order valence-electron chi connectivity index (χ4n) is 2.49. The molecule has 5 nitrogen and oxygen atoms in total. The normalized spacial score (nSPS) is 19.0. The zero-order valence-electron chi connectivity index (χ0n) is 11.8. The summed E-state index contributed by atoms with van der Waals surface area (Å²) >= 11 is 1.63. The van der Waals surface area contributed by atoms with E-state index in [0.29, 0.717) is 5.92 Å². The largest absolute Gasteiger partial charge is 0.316 e. The second-order valence-electron chi connectivity index (χ2n) is 5.17. The number of rotatable bonds is 3. The number of nitrogens with zero attached hydrogens (tertiary/aromatic N) is 3. The first-order valence-electron chi connectivity index (χ1n) is 6.96. The van der Waals surface area contributed by atoms with Gasteiger partial charge in [-0.05, 0) is 33.2 Å². The minimum absolute atomic E-state index is 0.490. The van der Waals surface area contributed by atoms with Crippen LogP contribution in [0, 0.1) is 13.8 Å². The maximum absolute atomic E-state index is 4.60. The third kappa shape index (κ3) is 3.13. The first-order valence-corrected chi connectivity index (χ1v) is 7.78. The van der Waals surface area contributed by atoms with Crippen LogP contribution in [0.3, 0.4) is 0 Å². The van der Waals surface area contributed by atoms with Gasteiger partial charge in [0.15, 0.2) is 5.13 Å². The zero-order valence-corrected chi connectivity index (χ0v) is 12.6. The number of hydrogen-bond acceptors (Lipinski definition) is 6. The quantitative estimate of drug-likeness (QED) is 0.909. The number of aromatic nitrogens is 3. The molecule has 0 saturated carbocycles. The molecule has 0 amide bonds. The molecule has 2 aromatic rings. The third-order valence-corrected chi connectivity index (χ3v) is 4.26. The van der Waals surface area contributed by atoms with Crippen molar-refractivity contribution >= 4 is 22.3 Å². The lowest BCUT2D eigenvalue weighted by molar-refractivity contribution is 0.453. The third-order valence-electron chi connectivity index (χ3n) is 3.43. The van der Waals surface area contributed by atoms with Crippen LogP contribution in [-0.4, -0.2) is 28.0 Å². The Bertz CT molecular complexity index is 589. The molecule has 6 heteroatoms. The van der Waals surface area contributed by atoms with Gasteiger partial charge in [0.05, 0.1) is 5.69 Å². The van der Waals surface area contributed by atoms with Gasteiger partial charge in [-0.15, -0.1) is 11.3 Å². The molecule has 3 heterocycles. The van der Waals surface area contributed by atoms with Crippen LogP contribution in [0.25, 0.3) is 0 Å². The first kappa shape index (κ1) is 13.5. The van der Waals surface area contributed by atoms with Crippen molar-refractivity contribution in [2.24, 2.45) is 0 Å². The van der Waals surface area contributed by atoms with Gasteiger partial charge in [0.1, 0.15) is 11.6 Å². The molecule has 0 aliphatic carbocycles. The molecule has 0 spiro atoms. The minimum Gasteiger partial charge on any atom is -0.316 e. The molecule has 2 aromatic heterocycles. The summed E-state index contributed by atoms with van der Waals surface area (Å²) in [4.78, 5) is 14.6. The van der Waals surface area contributed by atoms with Crippen LogP contribution in [0.2, 0.25) is 0 Å². The van der Waals surface area contributed by atoms with Gasteiger partial charge >= 0.3 is 0 Å². The minimum atomic E-state index is 0.490. The summed E-state index contributed by atoms with van der Waals surface area (Å²) in [5, 5.41) is 7.60. The van der Waals surface area contributed by atoms with Crippen LogP contribution in [-0.2, 0) is 0 Å². The number of thiazole rings is 1. The summed E-state index contributed by atoms with van der Waals surface area (Å²) < 4.78 is 0. The summed E-state index contributed by atoms with van der Waals surface area (Å²) in [5.41, 5.74) is 1.13. The molecule has 2 N–H and O–H groups in total. The van der Waals surface area contributed by atoms with Gasteiger partial charge in [0.25, 0.3) is 0 Å². The van der Waals surface area contributed by atoms with Crippen molar-refractivity contribution in [2.45, 2.75) is 32.6 Å². The predicted octanol–water partition coefficient (Wildman–Crippen LogP) is 2.76. The molecule has 1 unspecified atom stereocenters. The van der Waals surface area contributed by atoms with Gasteiger partial charge in [-0.3, -0.25) is 0 Å². The molecule has 1 atom stereocenters. The topological polar surface area (TPSA) is 62.7 Å². The molecule has 106 valence electrons. The fourth-order valence-corrected chi connectivity index (χ4v) is 3.16. The standard InChI is InChI=1S/C14H19N5S/c1-9-7-16-14(20-9)19-13-6-12(17-10(2)18-13)11-4-3-5-15-8-11/h6-7,11,15H,3-5,8H2,1-2H3,(H,16,17,18,19). The van der Waals surface area contributed by atoms with Crippen LogP contribution >= 0.6 is 11.3 Å². The Balaban J connectivity index is 1.82. The summed E-state index contributed by atoms with van der Waals surface area (Å²) in [5.74, 6) is 2.14. The van der Waals surface area contributed by atoms with Crippen molar-refractivity contribution in [3.05, 3.63) is 28.7 Å². The second kappa shape index (κ2) is 5.85. The van der Waals surface area contributed by atoms with E-state index < -0.39 is 0 Å². The zero-order chi connectivity index (χ0) is 13.9. The Hall–Kier alpha value is -1.53. The van der Waals surface area contributed by atoms with Crippen molar-refractivity contribution in [1.29, 1.82) is 0 Å². The van der Waals surface area contributed by atoms with E-state index in [1.807, 2.05) is 20.0 Å². The lowest BCUT2D eigenvalue weighted by Crippen LogP contribution is -2.29. The van der Waals surface area contributed by atoms with E-state index in [1.165, 1.54) is 17.7 Å². The first-order chi connectivity index (χ1) is 9.70. The number of anilines is 2. The highest BCUT2D eigenvalue weighted by Gasteiger charge is 2.18. The van der Waals surface area contributed by atoms with E-state index in [4.69, 9.17) is 0 Å². The molecular weight excluding hydrogens is 270 g/mol. The van der Waals surface area contributed by atoms with Crippen LogP contribution in [0.15, 0.2) is 12.3 Å². The summed E-state index contributed by atoms with van der Waals surface area (Å²) in [6.45, 7) is 6.11. The molecular formula is C14H19N5S. The van der Waals surface area contributed by atoms with Gasteiger partial charge < -0.3 is 10.6 Å².